The number of alkyl halides is 2. The Bertz CT molecular complexity index is 234. The first kappa shape index (κ1) is 13.4. The van der Waals surface area contributed by atoms with Crippen LogP contribution in [0.25, 0.3) is 0 Å². The Balaban J connectivity index is 2.33. The number of ether oxygens (including phenoxy) is 1. The van der Waals surface area contributed by atoms with E-state index in [0.29, 0.717) is 12.8 Å². The van der Waals surface area contributed by atoms with Gasteiger partial charge in [-0.05, 0) is 19.3 Å². The number of hydrogen-bond acceptors (Lipinski definition) is 2. The molecule has 0 aromatic carbocycles. The van der Waals surface area contributed by atoms with Gasteiger partial charge in [0.05, 0.1) is 6.10 Å². The number of nitrogens with one attached hydrogen (secondary N) is 1. The normalized spacial score (nSPS) is 25.6. The molecule has 1 unspecified atom stereocenters. The van der Waals surface area contributed by atoms with Gasteiger partial charge in [-0.3, -0.25) is 4.79 Å². The summed E-state index contributed by atoms with van der Waals surface area (Å²) in [5.74, 6) is -2.77. The van der Waals surface area contributed by atoms with Crippen molar-refractivity contribution in [1.82, 2.24) is 5.32 Å². The molecule has 1 saturated carbocycles. The Kier molecular flexibility index (Phi) is 5.12. The minimum Gasteiger partial charge on any atom is -0.368 e. The maximum absolute atomic E-state index is 13.1. The van der Waals surface area contributed by atoms with Gasteiger partial charge >= 0.3 is 0 Å². The third-order valence-corrected chi connectivity index (χ3v) is 2.88. The molecule has 0 spiro atoms. The molecular weight excluding hydrogens is 216 g/mol. The maximum Gasteiger partial charge on any atom is 0.248 e. The van der Waals surface area contributed by atoms with Crippen molar-refractivity contribution in [2.24, 2.45) is 0 Å². The van der Waals surface area contributed by atoms with E-state index in [0.717, 1.165) is 12.8 Å². The number of likely N-dealkylation sites (N-methyl/N-ethyl adjacent to an activating group) is 1. The molecule has 16 heavy (non-hydrogen) atoms. The van der Waals surface area contributed by atoms with E-state index < -0.39 is 5.92 Å². The van der Waals surface area contributed by atoms with Crippen LogP contribution >= 0.6 is 0 Å². The summed E-state index contributed by atoms with van der Waals surface area (Å²) >= 11 is 0. The fraction of sp³-hybridized carbons (Fsp3) is 0.909. The van der Waals surface area contributed by atoms with Crippen molar-refractivity contribution in [2.75, 3.05) is 13.7 Å². The summed E-state index contributed by atoms with van der Waals surface area (Å²) in [6.45, 7) is -0.0350. The molecule has 94 valence electrons. The summed E-state index contributed by atoms with van der Waals surface area (Å²) < 4.78 is 31.6. The predicted molar refractivity (Wildman–Crippen MR) is 56.5 cm³/mol. The Morgan fingerprint density at radius 1 is 1.38 bits per heavy atom. The van der Waals surface area contributed by atoms with E-state index in [2.05, 4.69) is 5.32 Å². The zero-order valence-corrected chi connectivity index (χ0v) is 9.60. The van der Waals surface area contributed by atoms with E-state index in [9.17, 15) is 13.6 Å². The molecule has 5 heteroatoms. The molecule has 0 heterocycles. The smallest absolute Gasteiger partial charge is 0.248 e. The fourth-order valence-electron chi connectivity index (χ4n) is 1.83. The number of rotatable bonds is 3. The van der Waals surface area contributed by atoms with Crippen LogP contribution < -0.4 is 5.32 Å². The largest absolute Gasteiger partial charge is 0.368 e. The molecule has 1 fully saturated rings. The van der Waals surface area contributed by atoms with E-state index in [1.165, 1.54) is 7.05 Å². The summed E-state index contributed by atoms with van der Waals surface area (Å²) in [6.07, 6.45) is 2.03. The van der Waals surface area contributed by atoms with Crippen molar-refractivity contribution in [1.29, 1.82) is 0 Å². The lowest BCUT2D eigenvalue weighted by Gasteiger charge is -2.24. The van der Waals surface area contributed by atoms with E-state index >= 15 is 0 Å². The second-order valence-electron chi connectivity index (χ2n) is 4.25. The van der Waals surface area contributed by atoms with Crippen LogP contribution in [0.1, 0.15) is 38.5 Å². The lowest BCUT2D eigenvalue weighted by Crippen LogP contribution is -2.29. The van der Waals surface area contributed by atoms with Crippen LogP contribution in [-0.4, -0.2) is 31.6 Å². The zero-order valence-electron chi connectivity index (χ0n) is 9.60. The number of carbonyl (C=O) groups excluding carboxylic acids is 1. The quantitative estimate of drug-likeness (QED) is 0.813. The molecule has 1 N–H and O–H groups in total. The Labute approximate surface area is 94.5 Å². The van der Waals surface area contributed by atoms with Crippen LogP contribution in [0.2, 0.25) is 0 Å². The van der Waals surface area contributed by atoms with Gasteiger partial charge in [0.25, 0.3) is 0 Å². The minimum atomic E-state index is -2.56. The molecule has 1 aliphatic rings. The molecule has 1 rings (SSSR count). The molecule has 1 atom stereocenters. The summed E-state index contributed by atoms with van der Waals surface area (Å²) in [4.78, 5) is 11.0. The van der Waals surface area contributed by atoms with Crippen LogP contribution in [0, 0.1) is 0 Å². The average Bonchev–Trinajstić information content (AvgIpc) is 2.23. The van der Waals surface area contributed by atoms with Gasteiger partial charge in [-0.15, -0.1) is 0 Å². The molecule has 0 aromatic heterocycles. The maximum atomic E-state index is 13.1. The molecule has 0 aliphatic heterocycles. The van der Waals surface area contributed by atoms with Crippen molar-refractivity contribution in [3.8, 4) is 0 Å². The van der Waals surface area contributed by atoms with Gasteiger partial charge < -0.3 is 10.1 Å². The summed E-state index contributed by atoms with van der Waals surface area (Å²) in [5.41, 5.74) is 0. The highest BCUT2D eigenvalue weighted by atomic mass is 19.3. The third-order valence-electron chi connectivity index (χ3n) is 2.88. The summed E-state index contributed by atoms with van der Waals surface area (Å²) in [5, 5.41) is 2.44. The van der Waals surface area contributed by atoms with Crippen LogP contribution in [0.15, 0.2) is 0 Å². The monoisotopic (exact) mass is 235 g/mol. The highest BCUT2D eigenvalue weighted by Crippen LogP contribution is 2.31. The van der Waals surface area contributed by atoms with E-state index in [-0.39, 0.29) is 31.5 Å². The van der Waals surface area contributed by atoms with Crippen molar-refractivity contribution in [2.45, 2.75) is 50.6 Å². The van der Waals surface area contributed by atoms with Gasteiger partial charge in [0, 0.05) is 19.9 Å². The molecule has 1 aliphatic carbocycles. The molecule has 0 aromatic rings. The van der Waals surface area contributed by atoms with Gasteiger partial charge in [0.2, 0.25) is 11.8 Å². The van der Waals surface area contributed by atoms with Gasteiger partial charge in [-0.2, -0.15) is 0 Å². The van der Waals surface area contributed by atoms with Crippen LogP contribution in [-0.2, 0) is 9.53 Å². The lowest BCUT2D eigenvalue weighted by atomic mass is 9.96. The van der Waals surface area contributed by atoms with Crippen molar-refractivity contribution >= 4 is 5.91 Å². The molecule has 0 saturated heterocycles. The molecule has 1 amide bonds. The predicted octanol–water partition coefficient (Wildman–Crippen LogP) is 2.11. The van der Waals surface area contributed by atoms with Crippen molar-refractivity contribution < 1.29 is 18.3 Å². The first-order valence-corrected chi connectivity index (χ1v) is 5.73. The Hall–Kier alpha value is -0.710. The highest BCUT2D eigenvalue weighted by molar-refractivity contribution is 5.76. The van der Waals surface area contributed by atoms with E-state index in [1.54, 1.807) is 0 Å². The van der Waals surface area contributed by atoms with Crippen molar-refractivity contribution in [3.63, 3.8) is 0 Å². The number of hydrogen-bond donors (Lipinski definition) is 1. The highest BCUT2D eigenvalue weighted by Gasteiger charge is 2.31. The second kappa shape index (κ2) is 6.13. The number of amides is 1. The van der Waals surface area contributed by atoms with Crippen LogP contribution in [0.5, 0.6) is 0 Å². The minimum absolute atomic E-state index is 0.0187. The standard InChI is InChI=1S/C11H19F2NO2/c1-14-10(15)8-16-9-4-2-3-6-11(12,13)7-5-9/h9H,2-8H2,1H3,(H,14,15). The SMILES string of the molecule is CNC(=O)COC1CCCCC(F)(F)CC1. The second-order valence-corrected chi connectivity index (χ2v) is 4.25. The molecule has 0 bridgehead atoms. The summed E-state index contributed by atoms with van der Waals surface area (Å²) in [7, 11) is 1.53. The first-order valence-electron chi connectivity index (χ1n) is 5.73. The van der Waals surface area contributed by atoms with Crippen LogP contribution in [0.3, 0.4) is 0 Å². The Morgan fingerprint density at radius 2 is 2.12 bits per heavy atom. The zero-order chi connectivity index (χ0) is 12.0. The first-order chi connectivity index (χ1) is 7.53. The number of carbonyl (C=O) groups is 1. The van der Waals surface area contributed by atoms with E-state index in [4.69, 9.17) is 4.74 Å². The summed E-state index contributed by atoms with van der Waals surface area (Å²) in [6, 6.07) is 0. The van der Waals surface area contributed by atoms with Gasteiger partial charge in [-0.25, -0.2) is 8.78 Å². The average molecular weight is 235 g/mol. The van der Waals surface area contributed by atoms with Crippen molar-refractivity contribution in [3.05, 3.63) is 0 Å². The molecule has 3 nitrogen and oxygen atoms in total. The third kappa shape index (κ3) is 4.88. The lowest BCUT2D eigenvalue weighted by molar-refractivity contribution is -0.128. The topological polar surface area (TPSA) is 38.3 Å². The fourth-order valence-corrected chi connectivity index (χ4v) is 1.83. The van der Waals surface area contributed by atoms with Gasteiger partial charge in [0.1, 0.15) is 6.61 Å². The molecular formula is C11H19F2NO2. The molecule has 0 radical (unpaired) electrons. The Morgan fingerprint density at radius 3 is 2.81 bits per heavy atom. The van der Waals surface area contributed by atoms with Gasteiger partial charge in [-0.1, -0.05) is 6.42 Å². The van der Waals surface area contributed by atoms with E-state index in [1.807, 2.05) is 0 Å². The van der Waals surface area contributed by atoms with Crippen LogP contribution in [0.4, 0.5) is 8.78 Å². The number of halogens is 2. The van der Waals surface area contributed by atoms with Gasteiger partial charge in [0.15, 0.2) is 0 Å².